The fourth-order valence-corrected chi connectivity index (χ4v) is 1.72. The van der Waals surface area contributed by atoms with Crippen LogP contribution in [0.4, 0.5) is 4.79 Å². The second-order valence-corrected chi connectivity index (χ2v) is 3.64. The van der Waals surface area contributed by atoms with Gasteiger partial charge in [-0.3, -0.25) is 0 Å². The highest BCUT2D eigenvalue weighted by atomic mass is 16.5. The van der Waals surface area contributed by atoms with E-state index in [0.29, 0.717) is 12.5 Å². The summed E-state index contributed by atoms with van der Waals surface area (Å²) in [4.78, 5) is 12.6. The maximum absolute atomic E-state index is 10.4. The lowest BCUT2D eigenvalue weighted by Crippen LogP contribution is -2.37. The number of hydrogen-bond donors (Lipinski definition) is 2. The molecule has 5 heteroatoms. The Bertz CT molecular complexity index is 179. The van der Waals surface area contributed by atoms with Gasteiger partial charge in [0.1, 0.15) is 0 Å². The maximum Gasteiger partial charge on any atom is 0.404 e. The van der Waals surface area contributed by atoms with Crippen molar-refractivity contribution in [2.75, 3.05) is 32.8 Å². The number of aliphatic hydroxyl groups is 1. The van der Waals surface area contributed by atoms with Crippen LogP contribution in [-0.2, 0) is 4.74 Å². The van der Waals surface area contributed by atoms with E-state index in [4.69, 9.17) is 15.6 Å². The van der Waals surface area contributed by atoms with Gasteiger partial charge in [-0.1, -0.05) is 0 Å². The van der Waals surface area contributed by atoms with Crippen molar-refractivity contribution in [3.05, 3.63) is 0 Å². The minimum atomic E-state index is -0.692. The molecule has 1 heterocycles. The van der Waals surface area contributed by atoms with Crippen LogP contribution >= 0.6 is 0 Å². The highest BCUT2D eigenvalue weighted by Crippen LogP contribution is 2.16. The summed E-state index contributed by atoms with van der Waals surface area (Å²) in [5.41, 5.74) is 4.88. The van der Waals surface area contributed by atoms with Crippen molar-refractivity contribution in [2.45, 2.75) is 12.8 Å². The molecule has 0 spiro atoms. The molecule has 0 aromatic heterocycles. The molecular formula is C9H18N2O3. The number of hydrogen-bond acceptors (Lipinski definition) is 4. The lowest BCUT2D eigenvalue weighted by atomic mass is 9.98. The smallest absolute Gasteiger partial charge is 0.404 e. The fourth-order valence-electron chi connectivity index (χ4n) is 1.72. The Balaban J connectivity index is 2.12. The van der Waals surface area contributed by atoms with Crippen molar-refractivity contribution in [1.82, 2.24) is 4.90 Å². The van der Waals surface area contributed by atoms with E-state index in [1.165, 1.54) is 0 Å². The third-order valence-corrected chi connectivity index (χ3v) is 2.58. The summed E-state index contributed by atoms with van der Waals surface area (Å²) in [6, 6.07) is 0. The zero-order valence-electron chi connectivity index (χ0n) is 8.32. The molecule has 14 heavy (non-hydrogen) atoms. The highest BCUT2D eigenvalue weighted by Gasteiger charge is 2.19. The summed E-state index contributed by atoms with van der Waals surface area (Å²) in [6.07, 6.45) is 1.32. The first-order valence-electron chi connectivity index (χ1n) is 4.98. The SMILES string of the molecule is NC(=O)OCC1CCN(CCO)CC1. The second-order valence-electron chi connectivity index (χ2n) is 3.64. The predicted octanol–water partition coefficient (Wildman–Crippen LogP) is -0.214. The molecule has 0 atom stereocenters. The lowest BCUT2D eigenvalue weighted by molar-refractivity contribution is 0.0946. The number of carbonyl (C=O) groups is 1. The number of primary amides is 1. The average Bonchev–Trinajstić information content (AvgIpc) is 2.17. The summed E-state index contributed by atoms with van der Waals surface area (Å²) in [7, 11) is 0. The van der Waals surface area contributed by atoms with Crippen LogP contribution < -0.4 is 5.73 Å². The molecule has 0 bridgehead atoms. The Morgan fingerprint density at radius 1 is 1.50 bits per heavy atom. The van der Waals surface area contributed by atoms with Gasteiger partial charge in [0.2, 0.25) is 0 Å². The van der Waals surface area contributed by atoms with Gasteiger partial charge in [0.15, 0.2) is 0 Å². The van der Waals surface area contributed by atoms with E-state index in [-0.39, 0.29) is 6.61 Å². The molecule has 5 nitrogen and oxygen atoms in total. The third-order valence-electron chi connectivity index (χ3n) is 2.58. The van der Waals surface area contributed by atoms with Crippen LogP contribution in [0.2, 0.25) is 0 Å². The summed E-state index contributed by atoms with van der Waals surface area (Å²) < 4.78 is 4.75. The first-order chi connectivity index (χ1) is 6.72. The van der Waals surface area contributed by atoms with Crippen LogP contribution in [0.15, 0.2) is 0 Å². The minimum Gasteiger partial charge on any atom is -0.449 e. The monoisotopic (exact) mass is 202 g/mol. The maximum atomic E-state index is 10.4. The van der Waals surface area contributed by atoms with Gasteiger partial charge in [-0.05, 0) is 31.8 Å². The van der Waals surface area contributed by atoms with E-state index >= 15 is 0 Å². The molecule has 1 fully saturated rings. The molecule has 3 N–H and O–H groups in total. The number of rotatable bonds is 4. The first-order valence-corrected chi connectivity index (χ1v) is 4.98. The number of carbonyl (C=O) groups excluding carboxylic acids is 1. The molecule has 0 unspecified atom stereocenters. The molecule has 0 saturated carbocycles. The van der Waals surface area contributed by atoms with E-state index < -0.39 is 6.09 Å². The van der Waals surface area contributed by atoms with Gasteiger partial charge in [-0.25, -0.2) is 4.79 Å². The van der Waals surface area contributed by atoms with E-state index in [2.05, 4.69) is 4.90 Å². The number of nitrogens with zero attached hydrogens (tertiary/aromatic N) is 1. The van der Waals surface area contributed by atoms with Crippen molar-refractivity contribution in [1.29, 1.82) is 0 Å². The molecule has 1 rings (SSSR count). The van der Waals surface area contributed by atoms with Crippen molar-refractivity contribution >= 4 is 6.09 Å². The van der Waals surface area contributed by atoms with Crippen LogP contribution in [0.5, 0.6) is 0 Å². The highest BCUT2D eigenvalue weighted by molar-refractivity contribution is 5.64. The van der Waals surface area contributed by atoms with Crippen LogP contribution in [0.1, 0.15) is 12.8 Å². The molecule has 1 amide bonds. The third kappa shape index (κ3) is 3.93. The lowest BCUT2D eigenvalue weighted by Gasteiger charge is -2.30. The number of likely N-dealkylation sites (tertiary alicyclic amines) is 1. The van der Waals surface area contributed by atoms with E-state index in [9.17, 15) is 4.79 Å². The Morgan fingerprint density at radius 2 is 2.14 bits per heavy atom. The van der Waals surface area contributed by atoms with Gasteiger partial charge in [0.05, 0.1) is 13.2 Å². The Hall–Kier alpha value is -0.810. The minimum absolute atomic E-state index is 0.211. The average molecular weight is 202 g/mol. The molecule has 1 saturated heterocycles. The zero-order chi connectivity index (χ0) is 10.4. The second kappa shape index (κ2) is 5.82. The summed E-state index contributed by atoms with van der Waals surface area (Å²) in [5.74, 6) is 0.428. The van der Waals surface area contributed by atoms with Gasteiger partial charge in [-0.2, -0.15) is 0 Å². The van der Waals surface area contributed by atoms with Crippen molar-refractivity contribution < 1.29 is 14.6 Å². The van der Waals surface area contributed by atoms with Gasteiger partial charge < -0.3 is 20.5 Å². The normalized spacial score (nSPS) is 19.5. The summed E-state index contributed by atoms with van der Waals surface area (Å²) in [6.45, 7) is 3.31. The summed E-state index contributed by atoms with van der Waals surface area (Å²) >= 11 is 0. The van der Waals surface area contributed by atoms with Crippen LogP contribution in [0.3, 0.4) is 0 Å². The molecular weight excluding hydrogens is 184 g/mol. The van der Waals surface area contributed by atoms with Gasteiger partial charge in [-0.15, -0.1) is 0 Å². The van der Waals surface area contributed by atoms with E-state index in [1.807, 2.05) is 0 Å². The Morgan fingerprint density at radius 3 is 2.64 bits per heavy atom. The molecule has 0 radical (unpaired) electrons. The van der Waals surface area contributed by atoms with Crippen molar-refractivity contribution in [3.63, 3.8) is 0 Å². The molecule has 82 valence electrons. The zero-order valence-corrected chi connectivity index (χ0v) is 8.32. The van der Waals surface area contributed by atoms with Gasteiger partial charge >= 0.3 is 6.09 Å². The van der Waals surface area contributed by atoms with Gasteiger partial charge in [0.25, 0.3) is 0 Å². The van der Waals surface area contributed by atoms with Crippen molar-refractivity contribution in [2.24, 2.45) is 11.7 Å². The summed E-state index contributed by atoms with van der Waals surface area (Å²) in [5, 5.41) is 8.73. The number of ether oxygens (including phenoxy) is 1. The van der Waals surface area contributed by atoms with Crippen molar-refractivity contribution in [3.8, 4) is 0 Å². The topological polar surface area (TPSA) is 75.8 Å². The number of aliphatic hydroxyl groups excluding tert-OH is 1. The number of nitrogens with two attached hydrogens (primary N) is 1. The van der Waals surface area contributed by atoms with E-state index in [0.717, 1.165) is 32.5 Å². The molecule has 0 aromatic rings. The quantitative estimate of drug-likeness (QED) is 0.661. The number of amides is 1. The Labute approximate surface area is 83.8 Å². The largest absolute Gasteiger partial charge is 0.449 e. The van der Waals surface area contributed by atoms with Crippen LogP contribution in [0, 0.1) is 5.92 Å². The number of β-amino-alcohol motifs (C(OH)–C–C–N with tert-alkyl or cyclic N) is 1. The van der Waals surface area contributed by atoms with Crippen LogP contribution in [-0.4, -0.2) is 48.9 Å². The predicted molar refractivity (Wildman–Crippen MR) is 51.8 cm³/mol. The molecule has 0 aromatic carbocycles. The molecule has 1 aliphatic heterocycles. The van der Waals surface area contributed by atoms with Gasteiger partial charge in [0, 0.05) is 6.54 Å². The molecule has 1 aliphatic rings. The standard InChI is InChI=1S/C9H18N2O3/c10-9(13)14-7-8-1-3-11(4-2-8)5-6-12/h8,12H,1-7H2,(H2,10,13). The van der Waals surface area contributed by atoms with Crippen LogP contribution in [0.25, 0.3) is 0 Å². The van der Waals surface area contributed by atoms with E-state index in [1.54, 1.807) is 0 Å². The Kier molecular flexibility index (Phi) is 4.69. The number of piperidine rings is 1. The first kappa shape index (κ1) is 11.3. The molecule has 0 aliphatic carbocycles. The fraction of sp³-hybridized carbons (Fsp3) is 0.889.